The highest BCUT2D eigenvalue weighted by Gasteiger charge is 2.26. The van der Waals surface area contributed by atoms with Crippen molar-refractivity contribution >= 4 is 49.0 Å². The molecule has 4 heteroatoms. The second kappa shape index (κ2) is 6.13. The van der Waals surface area contributed by atoms with E-state index < -0.39 is 0 Å². The minimum Gasteiger partial charge on any atom is -0.293 e. The number of alkyl halides is 2. The fraction of sp³-hybridized carbons (Fsp3) is 0.214. The van der Waals surface area contributed by atoms with Crippen molar-refractivity contribution in [3.05, 3.63) is 57.8 Å². The summed E-state index contributed by atoms with van der Waals surface area (Å²) in [6.45, 7) is 2.01. The monoisotopic (exact) mass is 386 g/mol. The summed E-state index contributed by atoms with van der Waals surface area (Å²) in [6, 6.07) is 11.7. The molecule has 94 valence electrons. The molecule has 1 nitrogen and oxygen atoms in total. The number of carbonyl (C=O) groups excluding carboxylic acids is 1. The first-order valence-corrected chi connectivity index (χ1v) is 8.23. The molecule has 2 atom stereocenters. The normalized spacial score (nSPS) is 14.2. The summed E-state index contributed by atoms with van der Waals surface area (Å²) in [5, 5.41) is 2.01. The number of hydrogen-bond acceptors (Lipinski definition) is 2. The van der Waals surface area contributed by atoms with Gasteiger partial charge in [-0.25, -0.2) is 0 Å². The van der Waals surface area contributed by atoms with Crippen molar-refractivity contribution in [3.63, 3.8) is 0 Å². The lowest BCUT2D eigenvalue weighted by Gasteiger charge is -2.14. The molecule has 1 heterocycles. The molecule has 0 saturated carbocycles. The van der Waals surface area contributed by atoms with Crippen LogP contribution in [0, 0.1) is 6.92 Å². The SMILES string of the molecule is Cc1ccc(C(=O)[C@H](Br)[C@H](Br)c2cccs2)cc1. The van der Waals surface area contributed by atoms with Gasteiger partial charge >= 0.3 is 0 Å². The Balaban J connectivity index is 2.16. The number of aryl methyl sites for hydroxylation is 1. The molecule has 0 aliphatic heterocycles. The van der Waals surface area contributed by atoms with Gasteiger partial charge in [-0.3, -0.25) is 4.79 Å². The zero-order valence-electron chi connectivity index (χ0n) is 9.77. The van der Waals surface area contributed by atoms with Gasteiger partial charge in [0.25, 0.3) is 0 Å². The van der Waals surface area contributed by atoms with Crippen LogP contribution in [0.3, 0.4) is 0 Å². The maximum atomic E-state index is 12.3. The number of thiophene rings is 1. The maximum Gasteiger partial charge on any atom is 0.177 e. The highest BCUT2D eigenvalue weighted by Crippen LogP contribution is 2.35. The molecule has 1 aromatic carbocycles. The maximum absolute atomic E-state index is 12.3. The van der Waals surface area contributed by atoms with Crippen molar-refractivity contribution in [1.29, 1.82) is 0 Å². The van der Waals surface area contributed by atoms with Crippen LogP contribution in [0.4, 0.5) is 0 Å². The van der Waals surface area contributed by atoms with Crippen molar-refractivity contribution in [3.8, 4) is 0 Å². The van der Waals surface area contributed by atoms with E-state index in [1.54, 1.807) is 11.3 Å². The Kier molecular flexibility index (Phi) is 4.76. The molecule has 0 fully saturated rings. The zero-order chi connectivity index (χ0) is 13.1. The van der Waals surface area contributed by atoms with E-state index in [0.717, 1.165) is 16.0 Å². The van der Waals surface area contributed by atoms with Crippen LogP contribution < -0.4 is 0 Å². The minimum atomic E-state index is -0.251. The van der Waals surface area contributed by atoms with E-state index in [1.165, 1.54) is 0 Å². The van der Waals surface area contributed by atoms with Crippen LogP contribution in [0.15, 0.2) is 41.8 Å². The van der Waals surface area contributed by atoms with E-state index in [4.69, 9.17) is 0 Å². The molecule has 0 spiro atoms. The number of Topliss-reactive ketones (excluding diaryl/α,β-unsaturated/α-hetero) is 1. The Hall–Kier alpha value is -0.450. The van der Waals surface area contributed by atoms with E-state index in [1.807, 2.05) is 48.7 Å². The summed E-state index contributed by atoms with van der Waals surface area (Å²) in [7, 11) is 0. The van der Waals surface area contributed by atoms with E-state index in [2.05, 4.69) is 31.9 Å². The van der Waals surface area contributed by atoms with Gasteiger partial charge in [-0.15, -0.1) is 11.3 Å². The standard InChI is InChI=1S/C14H12Br2OS/c1-9-4-6-10(7-5-9)14(17)13(16)12(15)11-3-2-8-18-11/h2-8,12-13H,1H3/t12-,13-/m1/s1. The fourth-order valence-electron chi connectivity index (χ4n) is 1.60. The first kappa shape index (κ1) is 14.0. The first-order chi connectivity index (χ1) is 8.59. The van der Waals surface area contributed by atoms with Gasteiger partial charge in [-0.05, 0) is 18.4 Å². The number of benzene rings is 1. The molecule has 2 aromatic rings. The third-order valence-corrected chi connectivity index (χ3v) is 6.59. The molecule has 0 aliphatic rings. The predicted molar refractivity (Wildman–Crippen MR) is 84.2 cm³/mol. The molecule has 0 bridgehead atoms. The van der Waals surface area contributed by atoms with E-state index in [-0.39, 0.29) is 15.4 Å². The smallest absolute Gasteiger partial charge is 0.177 e. The van der Waals surface area contributed by atoms with Crippen LogP contribution in [0.5, 0.6) is 0 Å². The van der Waals surface area contributed by atoms with Crippen molar-refractivity contribution in [2.75, 3.05) is 0 Å². The van der Waals surface area contributed by atoms with Gasteiger partial charge in [0, 0.05) is 10.4 Å². The fourth-order valence-corrected chi connectivity index (χ4v) is 3.78. The summed E-state index contributed by atoms with van der Waals surface area (Å²) in [5.41, 5.74) is 1.90. The van der Waals surface area contributed by atoms with Crippen LogP contribution >= 0.6 is 43.2 Å². The largest absolute Gasteiger partial charge is 0.293 e. The molecule has 0 unspecified atom stereocenters. The van der Waals surface area contributed by atoms with Crippen LogP contribution in [0.1, 0.15) is 25.6 Å². The summed E-state index contributed by atoms with van der Waals surface area (Å²) < 4.78 is 0. The van der Waals surface area contributed by atoms with Crippen LogP contribution in [-0.4, -0.2) is 10.6 Å². The second-order valence-electron chi connectivity index (χ2n) is 4.05. The molecule has 2 rings (SSSR count). The summed E-state index contributed by atoms with van der Waals surface area (Å²) in [5.74, 6) is 0.102. The molecule has 18 heavy (non-hydrogen) atoms. The molecule has 0 saturated heterocycles. The lowest BCUT2D eigenvalue weighted by atomic mass is 10.0. The zero-order valence-corrected chi connectivity index (χ0v) is 13.8. The second-order valence-corrected chi connectivity index (χ2v) is 7.00. The molecule has 0 amide bonds. The van der Waals surface area contributed by atoms with Crippen LogP contribution in [-0.2, 0) is 0 Å². The number of rotatable bonds is 4. The van der Waals surface area contributed by atoms with Gasteiger partial charge in [0.1, 0.15) is 0 Å². The molecular formula is C14H12Br2OS. The Morgan fingerprint density at radius 1 is 1.17 bits per heavy atom. The number of carbonyl (C=O) groups is 1. The average molecular weight is 388 g/mol. The van der Waals surface area contributed by atoms with Crippen molar-refractivity contribution in [2.24, 2.45) is 0 Å². The average Bonchev–Trinajstić information content (AvgIpc) is 2.91. The molecule has 0 radical (unpaired) electrons. The van der Waals surface area contributed by atoms with Crippen molar-refractivity contribution < 1.29 is 4.79 Å². The minimum absolute atomic E-state index is 0.00584. The van der Waals surface area contributed by atoms with E-state index in [9.17, 15) is 4.79 Å². The first-order valence-electron chi connectivity index (χ1n) is 5.52. The third kappa shape index (κ3) is 3.11. The van der Waals surface area contributed by atoms with Crippen molar-refractivity contribution in [1.82, 2.24) is 0 Å². The topological polar surface area (TPSA) is 17.1 Å². The molecular weight excluding hydrogens is 376 g/mol. The van der Waals surface area contributed by atoms with Crippen LogP contribution in [0.25, 0.3) is 0 Å². The Labute approximate surface area is 127 Å². The van der Waals surface area contributed by atoms with Gasteiger partial charge in [-0.1, -0.05) is 67.8 Å². The molecule has 0 N–H and O–H groups in total. The molecule has 0 aliphatic carbocycles. The van der Waals surface area contributed by atoms with Gasteiger partial charge in [0.15, 0.2) is 5.78 Å². The highest BCUT2D eigenvalue weighted by molar-refractivity contribution is 9.12. The Bertz CT molecular complexity index is 519. The lowest BCUT2D eigenvalue weighted by Crippen LogP contribution is -2.18. The number of halogens is 2. The van der Waals surface area contributed by atoms with Crippen LogP contribution in [0.2, 0.25) is 0 Å². The summed E-state index contributed by atoms with van der Waals surface area (Å²) in [4.78, 5) is 13.2. The summed E-state index contributed by atoms with van der Waals surface area (Å²) >= 11 is 8.73. The number of ketones is 1. The van der Waals surface area contributed by atoms with Gasteiger partial charge in [-0.2, -0.15) is 0 Å². The molecule has 1 aromatic heterocycles. The van der Waals surface area contributed by atoms with E-state index >= 15 is 0 Å². The Morgan fingerprint density at radius 2 is 1.83 bits per heavy atom. The Morgan fingerprint density at radius 3 is 2.39 bits per heavy atom. The predicted octanol–water partition coefficient (Wildman–Crippen LogP) is 5.14. The quantitative estimate of drug-likeness (QED) is 0.524. The third-order valence-electron chi connectivity index (χ3n) is 2.66. The number of hydrogen-bond donors (Lipinski definition) is 0. The highest BCUT2D eigenvalue weighted by atomic mass is 79.9. The van der Waals surface area contributed by atoms with E-state index in [0.29, 0.717) is 0 Å². The van der Waals surface area contributed by atoms with Gasteiger partial charge in [0.05, 0.1) is 9.65 Å². The van der Waals surface area contributed by atoms with Gasteiger partial charge in [0.2, 0.25) is 0 Å². The van der Waals surface area contributed by atoms with Crippen molar-refractivity contribution in [2.45, 2.75) is 16.6 Å². The lowest BCUT2D eigenvalue weighted by molar-refractivity contribution is 0.0991. The summed E-state index contributed by atoms with van der Waals surface area (Å²) in [6.07, 6.45) is 0. The van der Waals surface area contributed by atoms with Gasteiger partial charge < -0.3 is 0 Å².